The second-order valence-electron chi connectivity index (χ2n) is 31.4. The second kappa shape index (κ2) is 44.2. The summed E-state index contributed by atoms with van der Waals surface area (Å²) >= 11 is 0. The molecule has 3 N–H and O–H groups in total. The minimum Gasteiger partial charge on any atom is -0.453 e. The number of nitrogens with one attached hydrogen (secondary N) is 2. The molecule has 12 rings (SSSR count). The number of nitrogens with zero attached hydrogens (tertiary/aromatic N) is 15. The average Bonchev–Trinajstić information content (AvgIpc) is 1.19. The van der Waals surface area contributed by atoms with Gasteiger partial charge in [0.2, 0.25) is 11.9 Å². The average molecular weight is 1890 g/mol. The number of carbonyl (C=O) groups excluding carboxylic acids is 9. The summed E-state index contributed by atoms with van der Waals surface area (Å²) in [4.78, 5) is 152. The summed E-state index contributed by atoms with van der Waals surface area (Å²) in [5, 5.41) is 14.2. The van der Waals surface area contributed by atoms with Crippen molar-refractivity contribution in [2.24, 2.45) is 0 Å². The van der Waals surface area contributed by atoms with Crippen molar-refractivity contribution in [3.8, 4) is 0 Å². The molecule has 3 amide bonds. The number of aliphatic hydroxyl groups excluding tert-OH is 1. The number of carbonyl (C=O) groups is 9. The molecule has 6 saturated heterocycles. The van der Waals surface area contributed by atoms with Gasteiger partial charge >= 0.3 is 54.3 Å². The van der Waals surface area contributed by atoms with Crippen LogP contribution in [0.5, 0.6) is 0 Å². The van der Waals surface area contributed by atoms with Crippen LogP contribution in [0.25, 0.3) is 0 Å². The Bertz CT molecular complexity index is 5050. The zero-order valence-corrected chi connectivity index (χ0v) is 71.8. The molecule has 35 nitrogen and oxygen atoms in total. The molecule has 0 aliphatic carbocycles. The largest absolute Gasteiger partial charge is 0.453 e. The normalized spacial score (nSPS) is 17.7. The highest BCUT2D eigenvalue weighted by Crippen LogP contribution is 2.42. The Kier molecular flexibility index (Phi) is 34.1. The Balaban J connectivity index is 0.000000205. The maximum absolute atomic E-state index is 14.1. The molecular weight excluding hydrogens is 1800 g/mol. The number of aromatic nitrogens is 8. The van der Waals surface area contributed by atoms with Gasteiger partial charge in [-0.05, 0) is 119 Å². The molecule has 0 spiro atoms. The smallest absolute Gasteiger partial charge is 0.416 e. The molecule has 0 saturated carbocycles. The Morgan fingerprint density at radius 2 is 0.833 bits per heavy atom. The number of aliphatic hydroxyl groups is 1. The summed E-state index contributed by atoms with van der Waals surface area (Å²) in [7, 11) is 4.08. The standard InChI is InChI=1S/C29H34F5N5O6.C27H31F5N6O6.C26H29F5N6O6/c1-18(45-26(41)16-44-25(40)15-43-3)27(42)38-9-5-19(6-10-38)20-12-23(36-24(13-20)39-11-7-28(30,31)17-39)37(2)22-14-21(4-8-35-22)29(32,33)34;1-16(44-23(40)14-42-2)24(41)43-13-22(39)37-8-4-17(5-9-37)19-12-21(35-20-11-18(3-7-33-20)27(30,31)32)36-25(34-19)38-10-6-26(28,29)15-38;1-15(43-22(40)12-38)23(41)42-13-21(39)36-7-3-16(4-8-36)18-11-20(34-19-10-17(2-6-32-19)26(29,30)31)35-24(33-18)37-9-5-25(27,28)14-37/h4,8,12-14,18-19H,5-7,9-11,15-17H2,1-3H3;3,7,11-12,16-17H,4-6,8-10,13-15H2,1-2H3,(H,33,34,35,36);2,6,10-11,15-16,38H,3-5,7-9,12-14H2,1H3,(H,32,33,34,35). The molecule has 132 heavy (non-hydrogen) atoms. The van der Waals surface area contributed by atoms with E-state index in [4.69, 9.17) is 28.8 Å². The molecule has 6 aliphatic heterocycles. The summed E-state index contributed by atoms with van der Waals surface area (Å²) in [6, 6.07) is 11.4. The lowest BCUT2D eigenvalue weighted by molar-refractivity contribution is -0.170. The van der Waals surface area contributed by atoms with Crippen molar-refractivity contribution in [3.63, 3.8) is 0 Å². The predicted octanol–water partition coefficient (Wildman–Crippen LogP) is 9.90. The molecule has 0 aromatic carbocycles. The molecule has 6 fully saturated rings. The fourth-order valence-corrected chi connectivity index (χ4v) is 14.6. The van der Waals surface area contributed by atoms with Crippen molar-refractivity contribution in [2.75, 3.05) is 170 Å². The van der Waals surface area contributed by atoms with Crippen LogP contribution in [0.15, 0.2) is 79.3 Å². The number of alkyl halides is 15. The van der Waals surface area contributed by atoms with Crippen molar-refractivity contribution >= 4 is 106 Å². The fraction of sp³-hybridized carbons (Fsp3) is 0.549. The van der Waals surface area contributed by atoms with E-state index in [0.717, 1.165) is 60.6 Å². The van der Waals surface area contributed by atoms with Gasteiger partial charge < -0.3 is 87.9 Å². The molecule has 50 heteroatoms. The zero-order valence-electron chi connectivity index (χ0n) is 71.8. The third-order valence-electron chi connectivity index (χ3n) is 21.6. The third kappa shape index (κ3) is 29.3. The van der Waals surface area contributed by atoms with Crippen LogP contribution in [-0.4, -0.2) is 289 Å². The lowest BCUT2D eigenvalue weighted by Crippen LogP contribution is -2.44. The van der Waals surface area contributed by atoms with Crippen LogP contribution in [0, 0.1) is 0 Å². The molecule has 6 aromatic rings. The van der Waals surface area contributed by atoms with E-state index in [1.807, 2.05) is 0 Å². The number of methoxy groups -OCH3 is 2. The number of ether oxygens (including phenoxy) is 8. The quantitative estimate of drug-likeness (QED) is 0.0223. The Morgan fingerprint density at radius 3 is 1.26 bits per heavy atom. The van der Waals surface area contributed by atoms with Crippen molar-refractivity contribution < 1.29 is 152 Å². The topological polar surface area (TPSA) is 398 Å². The third-order valence-corrected chi connectivity index (χ3v) is 21.6. The number of hydrogen-bond acceptors (Lipinski definition) is 32. The van der Waals surface area contributed by atoms with Crippen molar-refractivity contribution in [3.05, 3.63) is 113 Å². The highest BCUT2D eigenvalue weighted by atomic mass is 19.4. The van der Waals surface area contributed by atoms with Gasteiger partial charge in [0, 0.05) is 142 Å². The van der Waals surface area contributed by atoms with Crippen LogP contribution < -0.4 is 30.2 Å². The van der Waals surface area contributed by atoms with Gasteiger partial charge in [-0.25, -0.2) is 85.0 Å². The number of likely N-dealkylation sites (tertiary alicyclic amines) is 3. The van der Waals surface area contributed by atoms with Gasteiger partial charge in [-0.1, -0.05) is 0 Å². The van der Waals surface area contributed by atoms with E-state index in [1.54, 1.807) is 12.1 Å². The summed E-state index contributed by atoms with van der Waals surface area (Å²) in [5.74, 6) is -15.7. The van der Waals surface area contributed by atoms with E-state index >= 15 is 0 Å². The van der Waals surface area contributed by atoms with E-state index in [0.29, 0.717) is 63.0 Å². The minimum absolute atomic E-state index is 0.000103. The number of hydrogen-bond donors (Lipinski definition) is 3. The maximum Gasteiger partial charge on any atom is 0.416 e. The maximum atomic E-state index is 14.1. The van der Waals surface area contributed by atoms with Gasteiger partial charge in [0.1, 0.15) is 60.5 Å². The number of piperidine rings is 3. The van der Waals surface area contributed by atoms with Crippen LogP contribution in [-0.2, 0) is 99.6 Å². The molecule has 0 radical (unpaired) electrons. The Labute approximate surface area is 743 Å². The second-order valence-corrected chi connectivity index (χ2v) is 31.4. The van der Waals surface area contributed by atoms with Crippen LogP contribution in [0.4, 0.5) is 118 Å². The molecule has 6 aliphatic rings. The van der Waals surface area contributed by atoms with Gasteiger partial charge in [0.25, 0.3) is 35.5 Å². The first-order valence-corrected chi connectivity index (χ1v) is 41.2. The van der Waals surface area contributed by atoms with E-state index in [-0.39, 0.29) is 136 Å². The first-order valence-electron chi connectivity index (χ1n) is 41.2. The van der Waals surface area contributed by atoms with E-state index in [2.05, 4.69) is 64.7 Å². The number of amides is 3. The van der Waals surface area contributed by atoms with Crippen molar-refractivity contribution in [1.82, 2.24) is 54.6 Å². The monoisotopic (exact) mass is 1890 g/mol. The van der Waals surface area contributed by atoms with E-state index < -0.39 is 184 Å². The van der Waals surface area contributed by atoms with Crippen LogP contribution in [0.1, 0.15) is 130 Å². The highest BCUT2D eigenvalue weighted by molar-refractivity contribution is 5.86. The molecule has 6 aromatic heterocycles. The van der Waals surface area contributed by atoms with Gasteiger partial charge in [0.15, 0.2) is 38.1 Å². The van der Waals surface area contributed by atoms with Crippen molar-refractivity contribution in [2.45, 2.75) is 151 Å². The lowest BCUT2D eigenvalue weighted by Gasteiger charge is -2.34. The SMILES string of the molecule is CC(OC(=O)CO)C(=O)OCC(=O)N1CCC(c2cc(Nc3cc(C(F)(F)F)ccn3)nc(N3CCC(F)(F)C3)n2)CC1.COCC(=O)OC(C)C(=O)OCC(=O)N1CCC(c2cc(Nc3cc(C(F)(F)F)ccn3)nc(N3CCC(F)(F)C3)n2)CC1.COCC(=O)OCC(=O)OC(C)C(=O)N1CCC(c2cc(N3CCC(F)(F)C3)nc(N(C)c3cc(C(F)(F)F)ccn3)c2)CC1. The molecular formula is C82H94F15N17O18. The van der Waals surface area contributed by atoms with Gasteiger partial charge in [-0.15, -0.1) is 0 Å². The van der Waals surface area contributed by atoms with Crippen LogP contribution in [0.2, 0.25) is 0 Å². The number of rotatable bonds is 29. The molecule has 0 bridgehead atoms. The number of esters is 6. The van der Waals surface area contributed by atoms with E-state index in [9.17, 15) is 109 Å². The molecule has 720 valence electrons. The Morgan fingerprint density at radius 1 is 0.439 bits per heavy atom. The summed E-state index contributed by atoms with van der Waals surface area (Å²) in [5.41, 5.74) is -1.10. The molecule has 3 unspecified atom stereocenters. The number of anilines is 9. The van der Waals surface area contributed by atoms with Gasteiger partial charge in [-0.2, -0.15) is 49.5 Å². The van der Waals surface area contributed by atoms with Crippen molar-refractivity contribution in [1.29, 1.82) is 0 Å². The fourth-order valence-electron chi connectivity index (χ4n) is 14.6. The minimum atomic E-state index is -4.60. The number of pyridine rings is 4. The zero-order chi connectivity index (χ0) is 96.4. The first-order chi connectivity index (χ1) is 62.1. The first kappa shape index (κ1) is 102. The predicted molar refractivity (Wildman–Crippen MR) is 432 cm³/mol. The van der Waals surface area contributed by atoms with Crippen LogP contribution in [0.3, 0.4) is 0 Å². The van der Waals surface area contributed by atoms with E-state index in [1.165, 1.54) is 88.5 Å². The molecule has 3 atom stereocenters. The Hall–Kier alpha value is -12.4. The van der Waals surface area contributed by atoms with Gasteiger partial charge in [-0.3, -0.25) is 14.4 Å². The number of halogens is 15. The lowest BCUT2D eigenvalue weighted by atomic mass is 9.89. The molecule has 12 heterocycles. The summed E-state index contributed by atoms with van der Waals surface area (Å²) in [6.07, 6.45) is -13.0. The van der Waals surface area contributed by atoms with Crippen LogP contribution >= 0.6 is 0 Å². The van der Waals surface area contributed by atoms with Gasteiger partial charge in [0.05, 0.1) is 47.7 Å². The summed E-state index contributed by atoms with van der Waals surface area (Å²) in [6.45, 7) is 0.440. The summed E-state index contributed by atoms with van der Waals surface area (Å²) < 4.78 is 242. The highest BCUT2D eigenvalue weighted by Gasteiger charge is 2.44.